The molecule has 0 spiro atoms. The summed E-state index contributed by atoms with van der Waals surface area (Å²) in [6, 6.07) is 0. The standard InChI is InChI=1S/C10H16O/c1-4-6-8-9(3)10(11)7-5-2/h4-7,9H,8H2,1-3H3/b6-4+,7-5-. The minimum absolute atomic E-state index is 0.127. The second-order valence-electron chi connectivity index (χ2n) is 2.61. The van der Waals surface area contributed by atoms with Crippen molar-refractivity contribution < 1.29 is 4.79 Å². The normalized spacial score (nSPS) is 14.5. The molecular weight excluding hydrogens is 136 g/mol. The molecule has 0 bridgehead atoms. The lowest BCUT2D eigenvalue weighted by atomic mass is 10.0. The van der Waals surface area contributed by atoms with Crippen molar-refractivity contribution in [3.63, 3.8) is 0 Å². The van der Waals surface area contributed by atoms with Crippen molar-refractivity contribution in [1.82, 2.24) is 0 Å². The maximum Gasteiger partial charge on any atom is 0.158 e. The Kier molecular flexibility index (Phi) is 5.44. The first-order valence-corrected chi connectivity index (χ1v) is 4.00. The van der Waals surface area contributed by atoms with Crippen LogP contribution in [0.5, 0.6) is 0 Å². The summed E-state index contributed by atoms with van der Waals surface area (Å²) < 4.78 is 0. The van der Waals surface area contributed by atoms with Gasteiger partial charge in [0.15, 0.2) is 5.78 Å². The fraction of sp³-hybridized carbons (Fsp3) is 0.500. The van der Waals surface area contributed by atoms with Crippen LogP contribution in [0.4, 0.5) is 0 Å². The molecule has 11 heavy (non-hydrogen) atoms. The predicted octanol–water partition coefficient (Wildman–Crippen LogP) is 2.73. The number of hydrogen-bond donors (Lipinski definition) is 0. The first kappa shape index (κ1) is 10.2. The molecule has 0 aliphatic rings. The molecule has 0 aliphatic carbocycles. The lowest BCUT2D eigenvalue weighted by Gasteiger charge is -2.01. The van der Waals surface area contributed by atoms with Gasteiger partial charge in [0.2, 0.25) is 0 Å². The van der Waals surface area contributed by atoms with Gasteiger partial charge in [0.25, 0.3) is 0 Å². The predicted molar refractivity (Wildman–Crippen MR) is 48.4 cm³/mol. The van der Waals surface area contributed by atoms with E-state index >= 15 is 0 Å². The van der Waals surface area contributed by atoms with Gasteiger partial charge in [-0.1, -0.05) is 25.2 Å². The van der Waals surface area contributed by atoms with Crippen molar-refractivity contribution in [1.29, 1.82) is 0 Å². The van der Waals surface area contributed by atoms with Crippen LogP contribution in [0.15, 0.2) is 24.3 Å². The molecule has 0 amide bonds. The highest BCUT2D eigenvalue weighted by atomic mass is 16.1. The van der Waals surface area contributed by atoms with Crippen LogP contribution in [-0.2, 0) is 4.79 Å². The van der Waals surface area contributed by atoms with Gasteiger partial charge in [-0.05, 0) is 26.3 Å². The number of carbonyl (C=O) groups excluding carboxylic acids is 1. The van der Waals surface area contributed by atoms with Crippen LogP contribution >= 0.6 is 0 Å². The number of carbonyl (C=O) groups is 1. The Morgan fingerprint density at radius 1 is 1.36 bits per heavy atom. The number of hydrogen-bond acceptors (Lipinski definition) is 1. The number of ketones is 1. The molecular formula is C10H16O. The molecule has 1 heteroatoms. The molecule has 0 saturated carbocycles. The van der Waals surface area contributed by atoms with Crippen LogP contribution < -0.4 is 0 Å². The molecule has 62 valence electrons. The van der Waals surface area contributed by atoms with Gasteiger partial charge in [0.05, 0.1) is 0 Å². The highest BCUT2D eigenvalue weighted by Crippen LogP contribution is 2.04. The summed E-state index contributed by atoms with van der Waals surface area (Å²) in [6.45, 7) is 5.77. The van der Waals surface area contributed by atoms with Crippen LogP contribution in [0.3, 0.4) is 0 Å². The second-order valence-corrected chi connectivity index (χ2v) is 2.61. The monoisotopic (exact) mass is 152 g/mol. The van der Waals surface area contributed by atoms with Gasteiger partial charge in [0.1, 0.15) is 0 Å². The summed E-state index contributed by atoms with van der Waals surface area (Å²) in [5.41, 5.74) is 0. The Balaban J connectivity index is 3.82. The van der Waals surface area contributed by atoms with Crippen LogP contribution in [0.2, 0.25) is 0 Å². The molecule has 0 aromatic carbocycles. The van der Waals surface area contributed by atoms with E-state index in [1.807, 2.05) is 32.9 Å². The zero-order valence-corrected chi connectivity index (χ0v) is 7.50. The average Bonchev–Trinajstić information content (AvgIpc) is 2.00. The highest BCUT2D eigenvalue weighted by Gasteiger charge is 2.05. The lowest BCUT2D eigenvalue weighted by Crippen LogP contribution is -2.05. The largest absolute Gasteiger partial charge is 0.295 e. The lowest BCUT2D eigenvalue weighted by molar-refractivity contribution is -0.117. The van der Waals surface area contributed by atoms with Gasteiger partial charge < -0.3 is 0 Å². The fourth-order valence-corrected chi connectivity index (χ4v) is 0.785. The van der Waals surface area contributed by atoms with Crippen LogP contribution in [0.1, 0.15) is 27.2 Å². The molecule has 1 atom stereocenters. The van der Waals surface area contributed by atoms with E-state index in [0.29, 0.717) is 0 Å². The SMILES string of the molecule is C/C=C\C(=O)C(C)C/C=C/C. The van der Waals surface area contributed by atoms with Crippen molar-refractivity contribution >= 4 is 5.78 Å². The maximum atomic E-state index is 11.1. The zero-order valence-electron chi connectivity index (χ0n) is 7.50. The summed E-state index contributed by atoms with van der Waals surface area (Å²) >= 11 is 0. The second kappa shape index (κ2) is 5.90. The summed E-state index contributed by atoms with van der Waals surface area (Å²) in [4.78, 5) is 11.1. The first-order chi connectivity index (χ1) is 5.22. The van der Waals surface area contributed by atoms with Gasteiger partial charge in [0, 0.05) is 5.92 Å². The van der Waals surface area contributed by atoms with E-state index in [1.165, 1.54) is 0 Å². The molecule has 0 rings (SSSR count). The van der Waals surface area contributed by atoms with Gasteiger partial charge in [-0.3, -0.25) is 4.79 Å². The van der Waals surface area contributed by atoms with Crippen LogP contribution in [0.25, 0.3) is 0 Å². The molecule has 0 heterocycles. The molecule has 0 saturated heterocycles. The fourth-order valence-electron chi connectivity index (χ4n) is 0.785. The molecule has 1 unspecified atom stereocenters. The molecule has 0 fully saturated rings. The van der Waals surface area contributed by atoms with E-state index in [2.05, 4.69) is 0 Å². The molecule has 0 radical (unpaired) electrons. The third-order valence-corrected chi connectivity index (χ3v) is 1.54. The van der Waals surface area contributed by atoms with Gasteiger partial charge in [-0.25, -0.2) is 0 Å². The molecule has 0 aromatic heterocycles. The summed E-state index contributed by atoms with van der Waals surface area (Å²) in [5.74, 6) is 0.341. The summed E-state index contributed by atoms with van der Waals surface area (Å²) in [7, 11) is 0. The van der Waals surface area contributed by atoms with Gasteiger partial charge in [-0.15, -0.1) is 0 Å². The highest BCUT2D eigenvalue weighted by molar-refractivity contribution is 5.91. The van der Waals surface area contributed by atoms with Crippen LogP contribution in [-0.4, -0.2) is 5.78 Å². The molecule has 0 aliphatic heterocycles. The quantitative estimate of drug-likeness (QED) is 0.447. The smallest absolute Gasteiger partial charge is 0.158 e. The Labute approximate surface area is 68.8 Å². The molecule has 1 nitrogen and oxygen atoms in total. The maximum absolute atomic E-state index is 11.1. The van der Waals surface area contributed by atoms with E-state index < -0.39 is 0 Å². The van der Waals surface area contributed by atoms with Crippen molar-refractivity contribution in [2.75, 3.05) is 0 Å². The Morgan fingerprint density at radius 3 is 2.45 bits per heavy atom. The Morgan fingerprint density at radius 2 is 2.00 bits per heavy atom. The molecule has 0 N–H and O–H groups in total. The van der Waals surface area contributed by atoms with Crippen LogP contribution in [0, 0.1) is 5.92 Å². The van der Waals surface area contributed by atoms with Gasteiger partial charge >= 0.3 is 0 Å². The van der Waals surface area contributed by atoms with E-state index in [0.717, 1.165) is 6.42 Å². The minimum atomic E-state index is 0.127. The summed E-state index contributed by atoms with van der Waals surface area (Å²) in [5, 5.41) is 0. The van der Waals surface area contributed by atoms with E-state index in [1.54, 1.807) is 12.2 Å². The summed E-state index contributed by atoms with van der Waals surface area (Å²) in [6.07, 6.45) is 8.26. The van der Waals surface area contributed by atoms with Crippen molar-refractivity contribution in [3.05, 3.63) is 24.3 Å². The van der Waals surface area contributed by atoms with Gasteiger partial charge in [-0.2, -0.15) is 0 Å². The third-order valence-electron chi connectivity index (χ3n) is 1.54. The first-order valence-electron chi connectivity index (χ1n) is 4.00. The van der Waals surface area contributed by atoms with Crippen molar-refractivity contribution in [3.8, 4) is 0 Å². The Bertz CT molecular complexity index is 166. The number of rotatable bonds is 4. The van der Waals surface area contributed by atoms with E-state index in [4.69, 9.17) is 0 Å². The average molecular weight is 152 g/mol. The van der Waals surface area contributed by atoms with E-state index in [-0.39, 0.29) is 11.7 Å². The van der Waals surface area contributed by atoms with E-state index in [9.17, 15) is 4.79 Å². The Hall–Kier alpha value is -0.850. The minimum Gasteiger partial charge on any atom is -0.295 e. The third kappa shape index (κ3) is 4.54. The zero-order chi connectivity index (χ0) is 8.69. The molecule has 0 aromatic rings. The van der Waals surface area contributed by atoms with Crippen molar-refractivity contribution in [2.45, 2.75) is 27.2 Å². The number of allylic oxidation sites excluding steroid dienone is 4. The van der Waals surface area contributed by atoms with Crippen molar-refractivity contribution in [2.24, 2.45) is 5.92 Å². The topological polar surface area (TPSA) is 17.1 Å².